The monoisotopic (exact) mass is 331 g/mol. The van der Waals surface area contributed by atoms with Gasteiger partial charge in [0.15, 0.2) is 5.82 Å². The Morgan fingerprint density at radius 3 is 2.25 bits per heavy atom. The van der Waals surface area contributed by atoms with E-state index in [0.717, 1.165) is 11.1 Å². The number of carboxylic acids is 1. The second kappa shape index (κ2) is 6.35. The highest BCUT2D eigenvalue weighted by atomic mass is 16.6. The summed E-state index contributed by atoms with van der Waals surface area (Å²) in [7, 11) is 0. The molecule has 24 heavy (non-hydrogen) atoms. The summed E-state index contributed by atoms with van der Waals surface area (Å²) in [4.78, 5) is 23.5. The van der Waals surface area contributed by atoms with Crippen LogP contribution >= 0.6 is 0 Å². The van der Waals surface area contributed by atoms with Crippen molar-refractivity contribution in [3.8, 4) is 5.69 Å². The summed E-state index contributed by atoms with van der Waals surface area (Å²) in [5, 5.41) is 15.9. The smallest absolute Gasteiger partial charge is 0.413 e. The van der Waals surface area contributed by atoms with Crippen LogP contribution in [0.3, 0.4) is 0 Å². The number of nitrogens with one attached hydrogen (secondary N) is 1. The lowest BCUT2D eigenvalue weighted by Gasteiger charge is -2.20. The maximum atomic E-state index is 12.1. The van der Waals surface area contributed by atoms with Gasteiger partial charge in [0, 0.05) is 0 Å². The van der Waals surface area contributed by atoms with Crippen molar-refractivity contribution in [1.29, 1.82) is 0 Å². The molecule has 1 aromatic carbocycles. The molecule has 0 spiro atoms. The standard InChI is InChI=1S/C17H21N3O4/c1-10-6-11(2)8-12(7-10)20-14(13(9-18-20)15(21)22)19-16(23)24-17(3,4)5/h6-9H,1-5H3,(H,19,23)(H,21,22). The second-order valence-corrected chi connectivity index (χ2v) is 6.60. The largest absolute Gasteiger partial charge is 0.477 e. The van der Waals surface area contributed by atoms with Gasteiger partial charge in [0.2, 0.25) is 0 Å². The normalized spacial score (nSPS) is 11.2. The number of aromatic carboxylic acids is 1. The Morgan fingerprint density at radius 1 is 1.17 bits per heavy atom. The molecule has 1 heterocycles. The average Bonchev–Trinajstić information content (AvgIpc) is 2.78. The molecule has 0 aliphatic rings. The minimum absolute atomic E-state index is 0.0572. The Labute approximate surface area is 140 Å². The third-order valence-electron chi connectivity index (χ3n) is 3.07. The van der Waals surface area contributed by atoms with Crippen LogP contribution in [-0.4, -0.2) is 32.6 Å². The van der Waals surface area contributed by atoms with E-state index in [4.69, 9.17) is 4.74 Å². The van der Waals surface area contributed by atoms with Gasteiger partial charge in [0.1, 0.15) is 11.2 Å². The number of hydrogen-bond acceptors (Lipinski definition) is 4. The van der Waals surface area contributed by atoms with Crippen molar-refractivity contribution in [3.63, 3.8) is 0 Å². The van der Waals surface area contributed by atoms with E-state index in [1.807, 2.05) is 32.0 Å². The topological polar surface area (TPSA) is 93.5 Å². The van der Waals surface area contributed by atoms with E-state index in [-0.39, 0.29) is 11.4 Å². The highest BCUT2D eigenvalue weighted by Crippen LogP contribution is 2.23. The van der Waals surface area contributed by atoms with Crippen LogP contribution in [-0.2, 0) is 4.74 Å². The molecule has 2 aromatic rings. The number of carbonyl (C=O) groups is 2. The fraction of sp³-hybridized carbons (Fsp3) is 0.353. The number of carboxylic acid groups (broad SMARTS) is 1. The molecule has 0 aliphatic carbocycles. The molecule has 0 radical (unpaired) electrons. The van der Waals surface area contributed by atoms with E-state index in [0.29, 0.717) is 5.69 Å². The van der Waals surface area contributed by atoms with Gasteiger partial charge >= 0.3 is 12.1 Å². The molecule has 2 N–H and O–H groups in total. The van der Waals surface area contributed by atoms with Crippen LogP contribution in [0, 0.1) is 13.8 Å². The zero-order valence-corrected chi connectivity index (χ0v) is 14.4. The lowest BCUT2D eigenvalue weighted by molar-refractivity contribution is 0.0635. The van der Waals surface area contributed by atoms with Crippen LogP contribution < -0.4 is 5.32 Å². The predicted molar refractivity (Wildman–Crippen MR) is 89.9 cm³/mol. The third kappa shape index (κ3) is 4.13. The SMILES string of the molecule is Cc1cc(C)cc(-n2ncc(C(=O)O)c2NC(=O)OC(C)(C)C)c1. The van der Waals surface area contributed by atoms with Crippen molar-refractivity contribution in [3.05, 3.63) is 41.1 Å². The lowest BCUT2D eigenvalue weighted by Crippen LogP contribution is -2.28. The summed E-state index contributed by atoms with van der Waals surface area (Å²) < 4.78 is 6.58. The molecule has 0 atom stereocenters. The lowest BCUT2D eigenvalue weighted by atomic mass is 10.1. The first-order valence-electron chi connectivity index (χ1n) is 7.47. The molecule has 0 aliphatic heterocycles. The van der Waals surface area contributed by atoms with Crippen molar-refractivity contribution in [2.75, 3.05) is 5.32 Å². The van der Waals surface area contributed by atoms with Crippen LogP contribution in [0.4, 0.5) is 10.6 Å². The molecule has 1 amide bonds. The molecule has 0 saturated heterocycles. The summed E-state index contributed by atoms with van der Waals surface area (Å²) in [6.45, 7) is 9.04. The van der Waals surface area contributed by atoms with Gasteiger partial charge in [-0.15, -0.1) is 0 Å². The maximum Gasteiger partial charge on any atom is 0.413 e. The van der Waals surface area contributed by atoms with Crippen molar-refractivity contribution in [2.24, 2.45) is 0 Å². The summed E-state index contributed by atoms with van der Waals surface area (Å²) in [5.74, 6) is -1.13. The van der Waals surface area contributed by atoms with Gasteiger partial charge in [-0.2, -0.15) is 5.10 Å². The van der Waals surface area contributed by atoms with Gasteiger partial charge in [-0.1, -0.05) is 6.07 Å². The van der Waals surface area contributed by atoms with Crippen LogP contribution in [0.5, 0.6) is 0 Å². The molecule has 2 rings (SSSR count). The van der Waals surface area contributed by atoms with Gasteiger partial charge in [0.25, 0.3) is 0 Å². The number of amides is 1. The fourth-order valence-electron chi connectivity index (χ4n) is 2.29. The Bertz CT molecular complexity index is 767. The summed E-state index contributed by atoms with van der Waals surface area (Å²) in [6.07, 6.45) is 0.461. The number of hydrogen-bond donors (Lipinski definition) is 2. The predicted octanol–water partition coefficient (Wildman–Crippen LogP) is 3.53. The van der Waals surface area contributed by atoms with Gasteiger partial charge in [-0.25, -0.2) is 14.3 Å². The zero-order valence-electron chi connectivity index (χ0n) is 14.4. The number of anilines is 1. The third-order valence-corrected chi connectivity index (χ3v) is 3.07. The van der Waals surface area contributed by atoms with Crippen LogP contribution in [0.15, 0.2) is 24.4 Å². The number of benzene rings is 1. The van der Waals surface area contributed by atoms with Gasteiger partial charge in [0.05, 0.1) is 11.9 Å². The van der Waals surface area contributed by atoms with E-state index >= 15 is 0 Å². The Balaban J connectivity index is 2.46. The van der Waals surface area contributed by atoms with Crippen molar-refractivity contribution in [1.82, 2.24) is 9.78 Å². The van der Waals surface area contributed by atoms with E-state index in [9.17, 15) is 14.7 Å². The molecular weight excluding hydrogens is 310 g/mol. The van der Waals surface area contributed by atoms with E-state index in [1.165, 1.54) is 10.9 Å². The quantitative estimate of drug-likeness (QED) is 0.897. The number of rotatable bonds is 3. The molecule has 0 unspecified atom stereocenters. The first-order chi connectivity index (χ1) is 11.1. The minimum Gasteiger partial charge on any atom is -0.477 e. The Hall–Kier alpha value is -2.83. The average molecular weight is 331 g/mol. The second-order valence-electron chi connectivity index (χ2n) is 6.60. The maximum absolute atomic E-state index is 12.1. The fourth-order valence-corrected chi connectivity index (χ4v) is 2.29. The molecule has 0 bridgehead atoms. The Morgan fingerprint density at radius 2 is 1.75 bits per heavy atom. The number of aryl methyl sites for hydroxylation is 2. The molecule has 7 heteroatoms. The van der Waals surface area contributed by atoms with Crippen LogP contribution in [0.1, 0.15) is 42.3 Å². The molecule has 1 aromatic heterocycles. The molecule has 128 valence electrons. The summed E-state index contributed by atoms with van der Waals surface area (Å²) >= 11 is 0. The van der Waals surface area contributed by atoms with E-state index < -0.39 is 17.7 Å². The highest BCUT2D eigenvalue weighted by Gasteiger charge is 2.23. The van der Waals surface area contributed by atoms with Gasteiger partial charge in [-0.05, 0) is 57.9 Å². The van der Waals surface area contributed by atoms with Crippen LogP contribution in [0.25, 0.3) is 5.69 Å². The van der Waals surface area contributed by atoms with Gasteiger partial charge in [-0.3, -0.25) is 5.32 Å². The number of ether oxygens (including phenoxy) is 1. The highest BCUT2D eigenvalue weighted by molar-refractivity contribution is 5.97. The van der Waals surface area contributed by atoms with Gasteiger partial charge < -0.3 is 9.84 Å². The zero-order chi connectivity index (χ0) is 18.1. The number of nitrogens with zero attached hydrogens (tertiary/aromatic N) is 2. The molecule has 7 nitrogen and oxygen atoms in total. The number of carbonyl (C=O) groups excluding carboxylic acids is 1. The van der Waals surface area contributed by atoms with Crippen molar-refractivity contribution < 1.29 is 19.4 Å². The minimum atomic E-state index is -1.18. The summed E-state index contributed by atoms with van der Waals surface area (Å²) in [6, 6.07) is 5.70. The first-order valence-corrected chi connectivity index (χ1v) is 7.47. The van der Waals surface area contributed by atoms with Crippen molar-refractivity contribution >= 4 is 17.9 Å². The molecular formula is C17H21N3O4. The van der Waals surface area contributed by atoms with E-state index in [1.54, 1.807) is 20.8 Å². The van der Waals surface area contributed by atoms with Crippen molar-refractivity contribution in [2.45, 2.75) is 40.2 Å². The number of aromatic nitrogens is 2. The molecule has 0 saturated carbocycles. The Kier molecular flexibility index (Phi) is 4.64. The molecule has 0 fully saturated rings. The first kappa shape index (κ1) is 17.5. The van der Waals surface area contributed by atoms with E-state index in [2.05, 4.69) is 10.4 Å². The summed E-state index contributed by atoms with van der Waals surface area (Å²) in [5.41, 5.74) is 1.85. The van der Waals surface area contributed by atoms with Crippen LogP contribution in [0.2, 0.25) is 0 Å².